The van der Waals surface area contributed by atoms with Gasteiger partial charge in [-0.1, -0.05) is 11.6 Å². The Kier molecular flexibility index (Phi) is 6.25. The smallest absolute Gasteiger partial charge is 0.265 e. The number of nitrogens with one attached hydrogen (secondary N) is 2. The molecule has 7 heteroatoms. The molecule has 0 spiro atoms. The molecule has 2 rings (SSSR count). The number of hydrogen-bond acceptors (Lipinski definition) is 4. The van der Waals surface area contributed by atoms with Crippen molar-refractivity contribution < 1.29 is 19.1 Å². The SMILES string of the molecule is COc1ccc(NC(=O)[C@@H](C)Oc2ccc(NC(C)=O)cc2)cc1Cl. The molecule has 0 saturated carbocycles. The van der Waals surface area contributed by atoms with Crippen molar-refractivity contribution in [1.29, 1.82) is 0 Å². The molecule has 0 aromatic heterocycles. The molecule has 2 amide bonds. The number of benzene rings is 2. The lowest BCUT2D eigenvalue weighted by Crippen LogP contribution is -2.30. The average Bonchev–Trinajstić information content (AvgIpc) is 2.56. The lowest BCUT2D eigenvalue weighted by molar-refractivity contribution is -0.122. The normalized spacial score (nSPS) is 11.4. The van der Waals surface area contributed by atoms with Gasteiger partial charge in [-0.3, -0.25) is 9.59 Å². The van der Waals surface area contributed by atoms with E-state index in [-0.39, 0.29) is 11.8 Å². The molecule has 2 aromatic carbocycles. The van der Waals surface area contributed by atoms with E-state index in [0.29, 0.717) is 27.9 Å². The van der Waals surface area contributed by atoms with Crippen LogP contribution in [-0.2, 0) is 9.59 Å². The Hall–Kier alpha value is -2.73. The van der Waals surface area contributed by atoms with E-state index in [0.717, 1.165) is 0 Å². The maximum absolute atomic E-state index is 12.2. The second-order valence-corrected chi connectivity index (χ2v) is 5.71. The Morgan fingerprint density at radius 3 is 2.24 bits per heavy atom. The van der Waals surface area contributed by atoms with E-state index in [1.54, 1.807) is 49.4 Å². The highest BCUT2D eigenvalue weighted by atomic mass is 35.5. The molecule has 0 heterocycles. The van der Waals surface area contributed by atoms with Gasteiger partial charge in [-0.25, -0.2) is 0 Å². The van der Waals surface area contributed by atoms with Crippen LogP contribution in [0.2, 0.25) is 5.02 Å². The molecule has 0 fully saturated rings. The molecule has 1 atom stereocenters. The highest BCUT2D eigenvalue weighted by molar-refractivity contribution is 6.32. The van der Waals surface area contributed by atoms with Crippen molar-refractivity contribution >= 4 is 34.8 Å². The van der Waals surface area contributed by atoms with Crippen LogP contribution in [0.1, 0.15) is 13.8 Å². The van der Waals surface area contributed by atoms with Crippen LogP contribution >= 0.6 is 11.6 Å². The molecule has 0 aliphatic heterocycles. The van der Waals surface area contributed by atoms with Crippen molar-refractivity contribution in [3.05, 3.63) is 47.5 Å². The third kappa shape index (κ3) is 5.39. The predicted molar refractivity (Wildman–Crippen MR) is 97.5 cm³/mol. The minimum atomic E-state index is -0.715. The summed E-state index contributed by atoms with van der Waals surface area (Å²) in [4.78, 5) is 23.2. The molecule has 0 radical (unpaired) electrons. The average molecular weight is 363 g/mol. The second kappa shape index (κ2) is 8.39. The largest absolute Gasteiger partial charge is 0.495 e. The lowest BCUT2D eigenvalue weighted by Gasteiger charge is -2.15. The Morgan fingerprint density at radius 2 is 1.68 bits per heavy atom. The van der Waals surface area contributed by atoms with Gasteiger partial charge in [0.15, 0.2) is 6.10 Å². The molecule has 2 aromatic rings. The minimum absolute atomic E-state index is 0.153. The molecule has 2 N–H and O–H groups in total. The van der Waals surface area contributed by atoms with Gasteiger partial charge in [0.2, 0.25) is 5.91 Å². The fourth-order valence-corrected chi connectivity index (χ4v) is 2.32. The first-order chi connectivity index (χ1) is 11.9. The Balaban J connectivity index is 1.95. The second-order valence-electron chi connectivity index (χ2n) is 5.30. The van der Waals surface area contributed by atoms with Crippen LogP contribution in [0.15, 0.2) is 42.5 Å². The van der Waals surface area contributed by atoms with Crippen molar-refractivity contribution in [1.82, 2.24) is 0 Å². The highest BCUT2D eigenvalue weighted by Gasteiger charge is 2.15. The quantitative estimate of drug-likeness (QED) is 0.821. The molecule has 0 unspecified atom stereocenters. The van der Waals surface area contributed by atoms with Crippen LogP contribution in [0.5, 0.6) is 11.5 Å². The minimum Gasteiger partial charge on any atom is -0.495 e. The van der Waals surface area contributed by atoms with Crippen LogP contribution in [0.4, 0.5) is 11.4 Å². The molecular formula is C18H19ClN2O4. The molecular weight excluding hydrogens is 344 g/mol. The van der Waals surface area contributed by atoms with Crippen LogP contribution in [0.25, 0.3) is 0 Å². The van der Waals surface area contributed by atoms with E-state index in [1.165, 1.54) is 14.0 Å². The fraction of sp³-hybridized carbons (Fsp3) is 0.222. The van der Waals surface area contributed by atoms with Gasteiger partial charge in [0.1, 0.15) is 11.5 Å². The highest BCUT2D eigenvalue weighted by Crippen LogP contribution is 2.27. The number of methoxy groups -OCH3 is 1. The summed E-state index contributed by atoms with van der Waals surface area (Å²) >= 11 is 6.04. The summed E-state index contributed by atoms with van der Waals surface area (Å²) in [5.41, 5.74) is 1.21. The number of rotatable bonds is 6. The van der Waals surface area contributed by atoms with E-state index in [4.69, 9.17) is 21.1 Å². The van der Waals surface area contributed by atoms with Crippen molar-refractivity contribution in [3.8, 4) is 11.5 Å². The number of anilines is 2. The molecule has 6 nitrogen and oxygen atoms in total. The Morgan fingerprint density at radius 1 is 1.04 bits per heavy atom. The van der Waals surface area contributed by atoms with Crippen LogP contribution in [0.3, 0.4) is 0 Å². The number of carbonyl (C=O) groups excluding carboxylic acids is 2. The molecule has 0 bridgehead atoms. The summed E-state index contributed by atoms with van der Waals surface area (Å²) in [6, 6.07) is 11.7. The van der Waals surface area contributed by atoms with E-state index >= 15 is 0 Å². The van der Waals surface area contributed by atoms with Gasteiger partial charge in [-0.15, -0.1) is 0 Å². The summed E-state index contributed by atoms with van der Waals surface area (Å²) in [6.45, 7) is 3.07. The summed E-state index contributed by atoms with van der Waals surface area (Å²) in [7, 11) is 1.52. The van der Waals surface area contributed by atoms with Gasteiger partial charge in [0.05, 0.1) is 12.1 Å². The zero-order valence-electron chi connectivity index (χ0n) is 14.1. The predicted octanol–water partition coefficient (Wildman–Crippen LogP) is 3.71. The van der Waals surface area contributed by atoms with E-state index in [1.807, 2.05) is 0 Å². The number of amides is 2. The monoisotopic (exact) mass is 362 g/mol. The first kappa shape index (κ1) is 18.6. The van der Waals surface area contributed by atoms with Crippen molar-refractivity contribution in [2.45, 2.75) is 20.0 Å². The topological polar surface area (TPSA) is 76.7 Å². The van der Waals surface area contributed by atoms with Crippen LogP contribution < -0.4 is 20.1 Å². The van der Waals surface area contributed by atoms with E-state index in [9.17, 15) is 9.59 Å². The maximum atomic E-state index is 12.2. The summed E-state index contributed by atoms with van der Waals surface area (Å²) in [5, 5.41) is 5.79. The summed E-state index contributed by atoms with van der Waals surface area (Å²) in [6.07, 6.45) is -0.715. The fourth-order valence-electron chi connectivity index (χ4n) is 2.07. The lowest BCUT2D eigenvalue weighted by atomic mass is 10.2. The van der Waals surface area contributed by atoms with E-state index in [2.05, 4.69) is 10.6 Å². The van der Waals surface area contributed by atoms with Gasteiger partial charge in [-0.2, -0.15) is 0 Å². The standard InChI is InChI=1S/C18H19ClN2O4/c1-11(25-15-7-4-13(5-8-15)20-12(2)22)18(23)21-14-6-9-17(24-3)16(19)10-14/h4-11H,1-3H3,(H,20,22)(H,21,23)/t11-/m1/s1. The van der Waals surface area contributed by atoms with Crippen LogP contribution in [0, 0.1) is 0 Å². The number of carbonyl (C=O) groups is 2. The zero-order valence-corrected chi connectivity index (χ0v) is 14.9. The maximum Gasteiger partial charge on any atom is 0.265 e. The molecule has 0 aliphatic rings. The third-order valence-corrected chi connectivity index (χ3v) is 3.57. The zero-order chi connectivity index (χ0) is 18.4. The molecule has 0 saturated heterocycles. The van der Waals surface area contributed by atoms with Crippen molar-refractivity contribution in [3.63, 3.8) is 0 Å². The molecule has 132 valence electrons. The summed E-state index contributed by atoms with van der Waals surface area (Å²) < 4.78 is 10.7. The molecule has 25 heavy (non-hydrogen) atoms. The first-order valence-electron chi connectivity index (χ1n) is 7.57. The third-order valence-electron chi connectivity index (χ3n) is 3.28. The number of halogens is 1. The number of hydrogen-bond donors (Lipinski definition) is 2. The van der Waals surface area contributed by atoms with Gasteiger partial charge >= 0.3 is 0 Å². The van der Waals surface area contributed by atoms with Crippen molar-refractivity contribution in [2.75, 3.05) is 17.7 Å². The van der Waals surface area contributed by atoms with Gasteiger partial charge in [-0.05, 0) is 49.4 Å². The Bertz CT molecular complexity index is 762. The van der Waals surface area contributed by atoms with Crippen LogP contribution in [-0.4, -0.2) is 25.0 Å². The van der Waals surface area contributed by atoms with Gasteiger partial charge in [0, 0.05) is 18.3 Å². The molecule has 0 aliphatic carbocycles. The van der Waals surface area contributed by atoms with E-state index < -0.39 is 6.10 Å². The number of ether oxygens (including phenoxy) is 2. The Labute approximate surface area is 151 Å². The summed E-state index contributed by atoms with van der Waals surface area (Å²) in [5.74, 6) is 0.583. The first-order valence-corrected chi connectivity index (χ1v) is 7.95. The van der Waals surface area contributed by atoms with Gasteiger partial charge < -0.3 is 20.1 Å². The van der Waals surface area contributed by atoms with Gasteiger partial charge in [0.25, 0.3) is 5.91 Å². The van der Waals surface area contributed by atoms with Crippen molar-refractivity contribution in [2.24, 2.45) is 0 Å².